The highest BCUT2D eigenvalue weighted by atomic mass is 32.1. The molecule has 7 heteroatoms. The van der Waals surface area contributed by atoms with E-state index in [4.69, 9.17) is 0 Å². The molecule has 2 heterocycles. The minimum atomic E-state index is -0.190. The summed E-state index contributed by atoms with van der Waals surface area (Å²) >= 11 is 1.40. The molecule has 0 spiro atoms. The first-order valence-electron chi connectivity index (χ1n) is 6.35. The highest BCUT2D eigenvalue weighted by Gasteiger charge is 2.22. The molecule has 0 aliphatic carbocycles. The molecule has 0 bridgehead atoms. The second-order valence-electron chi connectivity index (χ2n) is 5.79. The number of nitrogens with one attached hydrogen (secondary N) is 1. The van der Waals surface area contributed by atoms with E-state index in [9.17, 15) is 4.79 Å². The smallest absolute Gasteiger partial charge is 0.261 e. The largest absolute Gasteiger partial charge is 0.296 e. The predicted molar refractivity (Wildman–Crippen MR) is 79.2 cm³/mol. The van der Waals surface area contributed by atoms with Crippen LogP contribution in [0.15, 0.2) is 0 Å². The summed E-state index contributed by atoms with van der Waals surface area (Å²) in [6, 6.07) is 0. The van der Waals surface area contributed by atoms with Gasteiger partial charge in [0, 0.05) is 18.2 Å². The molecule has 1 amide bonds. The maximum absolute atomic E-state index is 12.3. The van der Waals surface area contributed by atoms with Gasteiger partial charge in [0.25, 0.3) is 5.91 Å². The third kappa shape index (κ3) is 2.72. The Morgan fingerprint density at radius 2 is 1.90 bits per heavy atom. The number of nitrogens with zero attached hydrogens (tertiary/aromatic N) is 4. The van der Waals surface area contributed by atoms with Crippen molar-refractivity contribution in [1.82, 2.24) is 20.0 Å². The second-order valence-corrected chi connectivity index (χ2v) is 6.76. The molecule has 20 heavy (non-hydrogen) atoms. The van der Waals surface area contributed by atoms with Gasteiger partial charge in [0.1, 0.15) is 5.01 Å². The number of anilines is 1. The Hall–Kier alpha value is -1.76. The first-order chi connectivity index (χ1) is 9.20. The van der Waals surface area contributed by atoms with E-state index < -0.39 is 0 Å². The molecule has 0 aliphatic rings. The van der Waals surface area contributed by atoms with Crippen LogP contribution in [0.25, 0.3) is 0 Å². The molecule has 6 nitrogen and oxygen atoms in total. The molecule has 2 rings (SSSR count). The number of carbonyl (C=O) groups excluding carboxylic acids is 1. The molecular weight excluding hydrogens is 274 g/mol. The minimum absolute atomic E-state index is 0.0687. The van der Waals surface area contributed by atoms with Gasteiger partial charge in [-0.15, -0.1) is 10.2 Å². The highest BCUT2D eigenvalue weighted by Crippen LogP contribution is 2.28. The van der Waals surface area contributed by atoms with Crippen molar-refractivity contribution >= 4 is 22.4 Å². The maximum atomic E-state index is 12.3. The van der Waals surface area contributed by atoms with Gasteiger partial charge in [-0.3, -0.25) is 14.8 Å². The summed E-state index contributed by atoms with van der Waals surface area (Å²) in [6.45, 7) is 9.88. The standard InChI is InChI=1S/C13H19N5OS/c1-7-9(8(2)18(6)17-7)10(19)14-12-16-15-11(20-12)13(3,4)5/h1-6H3,(H,14,16,19). The van der Waals surface area contributed by atoms with Crippen molar-refractivity contribution in [3.63, 3.8) is 0 Å². The predicted octanol–water partition coefficient (Wildman–Crippen LogP) is 2.44. The first-order valence-corrected chi connectivity index (χ1v) is 7.17. The Morgan fingerprint density at radius 1 is 1.25 bits per heavy atom. The van der Waals surface area contributed by atoms with E-state index in [1.807, 2.05) is 20.9 Å². The molecule has 0 unspecified atom stereocenters. The fourth-order valence-corrected chi connectivity index (χ4v) is 2.64. The third-order valence-corrected chi connectivity index (χ3v) is 4.29. The van der Waals surface area contributed by atoms with Crippen molar-refractivity contribution in [1.29, 1.82) is 0 Å². The van der Waals surface area contributed by atoms with E-state index >= 15 is 0 Å². The van der Waals surface area contributed by atoms with E-state index in [1.54, 1.807) is 4.68 Å². The average molecular weight is 293 g/mol. The van der Waals surface area contributed by atoms with E-state index in [1.165, 1.54) is 11.3 Å². The van der Waals surface area contributed by atoms with Crippen molar-refractivity contribution in [2.24, 2.45) is 7.05 Å². The summed E-state index contributed by atoms with van der Waals surface area (Å²) in [5.74, 6) is -0.190. The molecule has 0 aromatic carbocycles. The van der Waals surface area contributed by atoms with Crippen molar-refractivity contribution < 1.29 is 4.79 Å². The van der Waals surface area contributed by atoms with E-state index in [-0.39, 0.29) is 11.3 Å². The quantitative estimate of drug-likeness (QED) is 0.923. The van der Waals surface area contributed by atoms with Gasteiger partial charge in [-0.1, -0.05) is 32.1 Å². The van der Waals surface area contributed by atoms with Gasteiger partial charge in [0.2, 0.25) is 5.13 Å². The van der Waals surface area contributed by atoms with Crippen molar-refractivity contribution in [3.05, 3.63) is 22.0 Å². The van der Waals surface area contributed by atoms with Gasteiger partial charge >= 0.3 is 0 Å². The van der Waals surface area contributed by atoms with E-state index in [2.05, 4.69) is 41.4 Å². The molecule has 0 saturated heterocycles. The van der Waals surface area contributed by atoms with Gasteiger partial charge < -0.3 is 0 Å². The molecule has 2 aromatic rings. The zero-order valence-corrected chi connectivity index (χ0v) is 13.4. The summed E-state index contributed by atoms with van der Waals surface area (Å²) < 4.78 is 1.70. The Labute approximate surface area is 122 Å². The van der Waals surface area contributed by atoms with Crippen LogP contribution in [-0.4, -0.2) is 25.9 Å². The first kappa shape index (κ1) is 14.6. The number of amides is 1. The van der Waals surface area contributed by atoms with Gasteiger partial charge in [-0.05, 0) is 13.8 Å². The third-order valence-electron chi connectivity index (χ3n) is 3.02. The summed E-state index contributed by atoms with van der Waals surface area (Å²) in [6.07, 6.45) is 0. The molecule has 0 saturated carbocycles. The van der Waals surface area contributed by atoms with Crippen molar-refractivity contribution in [2.75, 3.05) is 5.32 Å². The molecule has 108 valence electrons. The van der Waals surface area contributed by atoms with Crippen LogP contribution in [0.3, 0.4) is 0 Å². The molecular formula is C13H19N5OS. The number of aryl methyl sites for hydroxylation is 2. The van der Waals surface area contributed by atoms with Crippen LogP contribution < -0.4 is 5.32 Å². The Balaban J connectivity index is 2.22. The summed E-state index contributed by atoms with van der Waals surface area (Å²) in [5, 5.41) is 16.6. The van der Waals surface area contributed by atoms with Gasteiger partial charge in [-0.2, -0.15) is 5.10 Å². The van der Waals surface area contributed by atoms with Crippen molar-refractivity contribution in [2.45, 2.75) is 40.0 Å². The summed E-state index contributed by atoms with van der Waals surface area (Å²) in [7, 11) is 1.82. The molecule has 0 radical (unpaired) electrons. The van der Waals surface area contributed by atoms with Gasteiger partial charge in [0.15, 0.2) is 0 Å². The topological polar surface area (TPSA) is 72.7 Å². The molecule has 2 aromatic heterocycles. The molecule has 0 fully saturated rings. The fourth-order valence-electron chi connectivity index (χ4n) is 1.84. The lowest BCUT2D eigenvalue weighted by atomic mass is 9.98. The van der Waals surface area contributed by atoms with E-state index in [0.29, 0.717) is 16.4 Å². The lowest BCUT2D eigenvalue weighted by Gasteiger charge is -2.12. The fraction of sp³-hybridized carbons (Fsp3) is 0.538. The van der Waals surface area contributed by atoms with Crippen molar-refractivity contribution in [3.8, 4) is 0 Å². The van der Waals surface area contributed by atoms with Gasteiger partial charge in [0.05, 0.1) is 11.3 Å². The van der Waals surface area contributed by atoms with E-state index in [0.717, 1.165) is 10.7 Å². The van der Waals surface area contributed by atoms with Crippen LogP contribution >= 0.6 is 11.3 Å². The Morgan fingerprint density at radius 3 is 2.35 bits per heavy atom. The highest BCUT2D eigenvalue weighted by molar-refractivity contribution is 7.15. The zero-order valence-electron chi connectivity index (χ0n) is 12.6. The van der Waals surface area contributed by atoms with Crippen LogP contribution in [-0.2, 0) is 12.5 Å². The second kappa shape index (κ2) is 4.97. The molecule has 0 atom stereocenters. The SMILES string of the molecule is Cc1nn(C)c(C)c1C(=O)Nc1nnc(C(C)(C)C)s1. The number of carbonyl (C=O) groups is 1. The minimum Gasteiger partial charge on any atom is -0.296 e. The normalized spacial score (nSPS) is 11.7. The lowest BCUT2D eigenvalue weighted by Crippen LogP contribution is -2.14. The van der Waals surface area contributed by atoms with Crippen LogP contribution in [0.2, 0.25) is 0 Å². The Kier molecular flexibility index (Phi) is 3.64. The number of aromatic nitrogens is 4. The van der Waals surface area contributed by atoms with Crippen LogP contribution in [0, 0.1) is 13.8 Å². The lowest BCUT2D eigenvalue weighted by molar-refractivity contribution is 0.102. The summed E-state index contributed by atoms with van der Waals surface area (Å²) in [4.78, 5) is 12.3. The van der Waals surface area contributed by atoms with Crippen LogP contribution in [0.4, 0.5) is 5.13 Å². The number of hydrogen-bond acceptors (Lipinski definition) is 5. The van der Waals surface area contributed by atoms with Crippen LogP contribution in [0.1, 0.15) is 47.5 Å². The number of rotatable bonds is 2. The monoisotopic (exact) mass is 293 g/mol. The zero-order chi connectivity index (χ0) is 15.1. The molecule has 1 N–H and O–H groups in total. The Bertz CT molecular complexity index is 650. The maximum Gasteiger partial charge on any atom is 0.261 e. The van der Waals surface area contributed by atoms with Gasteiger partial charge in [-0.25, -0.2) is 0 Å². The number of hydrogen-bond donors (Lipinski definition) is 1. The van der Waals surface area contributed by atoms with Crippen LogP contribution in [0.5, 0.6) is 0 Å². The molecule has 0 aliphatic heterocycles. The average Bonchev–Trinajstić information content (AvgIpc) is 2.85. The summed E-state index contributed by atoms with van der Waals surface area (Å²) in [5.41, 5.74) is 2.07.